The second kappa shape index (κ2) is 4.42. The van der Waals surface area contributed by atoms with Gasteiger partial charge in [0.2, 0.25) is 0 Å². The van der Waals surface area contributed by atoms with E-state index < -0.39 is 0 Å². The zero-order valence-corrected chi connectivity index (χ0v) is 7.16. The maximum absolute atomic E-state index is 10.5. The first-order valence-electron chi connectivity index (χ1n) is 4.12. The molecule has 0 aromatic heterocycles. The Morgan fingerprint density at radius 3 is 2.83 bits per heavy atom. The smallest absolute Gasteiger partial charge is 0.302 e. The topological polar surface area (TPSA) is 55.8 Å². The predicted molar refractivity (Wildman–Crippen MR) is 41.6 cm³/mol. The molecule has 0 spiro atoms. The van der Waals surface area contributed by atoms with E-state index in [0.717, 1.165) is 12.8 Å². The van der Waals surface area contributed by atoms with E-state index in [1.165, 1.54) is 6.92 Å². The van der Waals surface area contributed by atoms with E-state index in [9.17, 15) is 4.79 Å². The molecule has 0 aliphatic carbocycles. The molecule has 0 bridgehead atoms. The highest BCUT2D eigenvalue weighted by molar-refractivity contribution is 5.66. The van der Waals surface area contributed by atoms with Crippen LogP contribution in [0.25, 0.3) is 0 Å². The highest BCUT2D eigenvalue weighted by atomic mass is 16.6. The molecule has 0 amide bonds. The minimum absolute atomic E-state index is 0.0484. The van der Waals surface area contributed by atoms with Gasteiger partial charge in [-0.2, -0.15) is 0 Å². The minimum atomic E-state index is -0.272. The monoisotopic (exact) mass is 174 g/mol. The fourth-order valence-corrected chi connectivity index (χ4v) is 1.25. The molecule has 12 heavy (non-hydrogen) atoms. The Kier molecular flexibility index (Phi) is 3.49. The Morgan fingerprint density at radius 1 is 1.67 bits per heavy atom. The van der Waals surface area contributed by atoms with Crippen LogP contribution in [0.3, 0.4) is 0 Å². The number of hydrogen-bond donors (Lipinski definition) is 1. The third-order valence-electron chi connectivity index (χ3n) is 1.86. The molecule has 1 aliphatic heterocycles. The van der Waals surface area contributed by atoms with Gasteiger partial charge in [-0.15, -0.1) is 0 Å². The molecule has 70 valence electrons. The lowest BCUT2D eigenvalue weighted by molar-refractivity contribution is -0.157. The molecule has 1 rings (SSSR count). The summed E-state index contributed by atoms with van der Waals surface area (Å²) in [5.74, 6) is -0.272. The van der Waals surface area contributed by atoms with Gasteiger partial charge in [-0.25, -0.2) is 0 Å². The number of rotatable bonds is 2. The first-order chi connectivity index (χ1) is 5.72. The number of hydrogen-bond acceptors (Lipinski definition) is 4. The van der Waals surface area contributed by atoms with Crippen molar-refractivity contribution in [3.8, 4) is 0 Å². The standard InChI is InChI=1S/C8H14O4/c1-6(10)12-8-3-2-7(4-9)11-5-8/h7-9H,2-5H2,1H3/t7-,8+/m0/s1. The van der Waals surface area contributed by atoms with Crippen LogP contribution in [0, 0.1) is 0 Å². The molecule has 4 nitrogen and oxygen atoms in total. The van der Waals surface area contributed by atoms with Crippen LogP contribution in [0.15, 0.2) is 0 Å². The summed E-state index contributed by atoms with van der Waals surface area (Å²) >= 11 is 0. The number of carbonyl (C=O) groups excluding carboxylic acids is 1. The maximum atomic E-state index is 10.5. The van der Waals surface area contributed by atoms with Crippen LogP contribution >= 0.6 is 0 Å². The predicted octanol–water partition coefficient (Wildman–Crippen LogP) is 0.0894. The second-order valence-electron chi connectivity index (χ2n) is 2.95. The Labute approximate surface area is 71.5 Å². The number of carbonyl (C=O) groups is 1. The largest absolute Gasteiger partial charge is 0.460 e. The van der Waals surface area contributed by atoms with Gasteiger partial charge in [-0.05, 0) is 12.8 Å². The molecule has 0 aromatic carbocycles. The number of ether oxygens (including phenoxy) is 2. The lowest BCUT2D eigenvalue weighted by atomic mass is 10.1. The van der Waals surface area contributed by atoms with Crippen molar-refractivity contribution in [2.75, 3.05) is 13.2 Å². The molecule has 0 unspecified atom stereocenters. The van der Waals surface area contributed by atoms with Gasteiger partial charge in [0.25, 0.3) is 0 Å². The Bertz CT molecular complexity index is 149. The Hall–Kier alpha value is -0.610. The number of aliphatic hydroxyl groups is 1. The van der Waals surface area contributed by atoms with Crippen LogP contribution in [-0.4, -0.2) is 36.5 Å². The quantitative estimate of drug-likeness (QED) is 0.603. The zero-order chi connectivity index (χ0) is 8.97. The molecule has 0 saturated carbocycles. The molecule has 1 fully saturated rings. The summed E-state index contributed by atoms with van der Waals surface area (Å²) in [6, 6.07) is 0. The summed E-state index contributed by atoms with van der Waals surface area (Å²) in [6.45, 7) is 1.84. The fourth-order valence-electron chi connectivity index (χ4n) is 1.25. The summed E-state index contributed by atoms with van der Waals surface area (Å²) in [4.78, 5) is 10.5. The van der Waals surface area contributed by atoms with Crippen molar-refractivity contribution in [2.24, 2.45) is 0 Å². The third kappa shape index (κ3) is 2.79. The molecule has 2 atom stereocenters. The molecule has 1 N–H and O–H groups in total. The van der Waals surface area contributed by atoms with E-state index in [1.807, 2.05) is 0 Å². The molecule has 0 aromatic rings. The van der Waals surface area contributed by atoms with Crippen molar-refractivity contribution < 1.29 is 19.4 Å². The van der Waals surface area contributed by atoms with E-state index in [4.69, 9.17) is 14.6 Å². The van der Waals surface area contributed by atoms with E-state index in [-0.39, 0.29) is 24.8 Å². The van der Waals surface area contributed by atoms with Crippen molar-refractivity contribution in [3.63, 3.8) is 0 Å². The van der Waals surface area contributed by atoms with Crippen LogP contribution in [0.5, 0.6) is 0 Å². The van der Waals surface area contributed by atoms with Gasteiger partial charge in [-0.1, -0.05) is 0 Å². The highest BCUT2D eigenvalue weighted by Gasteiger charge is 2.22. The SMILES string of the molecule is CC(=O)O[C@@H]1CC[C@@H](CO)OC1. The maximum Gasteiger partial charge on any atom is 0.302 e. The zero-order valence-electron chi connectivity index (χ0n) is 7.16. The summed E-state index contributed by atoms with van der Waals surface area (Å²) < 4.78 is 10.2. The van der Waals surface area contributed by atoms with Crippen molar-refractivity contribution >= 4 is 5.97 Å². The van der Waals surface area contributed by atoms with Crippen molar-refractivity contribution in [1.29, 1.82) is 0 Å². The lowest BCUT2D eigenvalue weighted by Crippen LogP contribution is -2.34. The van der Waals surface area contributed by atoms with E-state index >= 15 is 0 Å². The van der Waals surface area contributed by atoms with E-state index in [0.29, 0.717) is 6.61 Å². The van der Waals surface area contributed by atoms with Crippen molar-refractivity contribution in [2.45, 2.75) is 32.0 Å². The van der Waals surface area contributed by atoms with Gasteiger partial charge in [0.1, 0.15) is 6.10 Å². The average Bonchev–Trinajstić information content (AvgIpc) is 2.05. The molecular weight excluding hydrogens is 160 g/mol. The third-order valence-corrected chi connectivity index (χ3v) is 1.86. The molecule has 1 heterocycles. The molecule has 0 radical (unpaired) electrons. The van der Waals surface area contributed by atoms with E-state index in [1.54, 1.807) is 0 Å². The van der Waals surface area contributed by atoms with Gasteiger partial charge in [0, 0.05) is 6.92 Å². The number of aliphatic hydroxyl groups excluding tert-OH is 1. The van der Waals surface area contributed by atoms with Gasteiger partial charge in [0.15, 0.2) is 0 Å². The van der Waals surface area contributed by atoms with Gasteiger partial charge >= 0.3 is 5.97 Å². The summed E-state index contributed by atoms with van der Waals surface area (Å²) in [5.41, 5.74) is 0. The number of esters is 1. The highest BCUT2D eigenvalue weighted by Crippen LogP contribution is 2.15. The van der Waals surface area contributed by atoms with Crippen LogP contribution < -0.4 is 0 Å². The van der Waals surface area contributed by atoms with Crippen LogP contribution in [0.1, 0.15) is 19.8 Å². The molecule has 1 saturated heterocycles. The second-order valence-corrected chi connectivity index (χ2v) is 2.95. The Balaban J connectivity index is 2.21. The molecular formula is C8H14O4. The van der Waals surface area contributed by atoms with Crippen molar-refractivity contribution in [1.82, 2.24) is 0 Å². The first-order valence-corrected chi connectivity index (χ1v) is 4.12. The molecule has 1 aliphatic rings. The van der Waals surface area contributed by atoms with Crippen LogP contribution in [0.4, 0.5) is 0 Å². The average molecular weight is 174 g/mol. The van der Waals surface area contributed by atoms with Crippen LogP contribution in [-0.2, 0) is 14.3 Å². The first kappa shape index (κ1) is 9.48. The summed E-state index contributed by atoms with van der Waals surface area (Å²) in [5, 5.41) is 8.73. The van der Waals surface area contributed by atoms with Crippen LogP contribution in [0.2, 0.25) is 0 Å². The minimum Gasteiger partial charge on any atom is -0.460 e. The molecule has 4 heteroatoms. The van der Waals surface area contributed by atoms with Gasteiger partial charge in [0.05, 0.1) is 19.3 Å². The fraction of sp³-hybridized carbons (Fsp3) is 0.875. The summed E-state index contributed by atoms with van der Waals surface area (Å²) in [6.07, 6.45) is 1.35. The normalized spacial score (nSPS) is 29.8. The Morgan fingerprint density at radius 2 is 2.42 bits per heavy atom. The lowest BCUT2D eigenvalue weighted by Gasteiger charge is -2.27. The van der Waals surface area contributed by atoms with Gasteiger partial charge in [-0.3, -0.25) is 4.79 Å². The van der Waals surface area contributed by atoms with E-state index in [2.05, 4.69) is 0 Å². The van der Waals surface area contributed by atoms with Crippen molar-refractivity contribution in [3.05, 3.63) is 0 Å². The summed E-state index contributed by atoms with van der Waals surface area (Å²) in [7, 11) is 0. The van der Waals surface area contributed by atoms with Gasteiger partial charge < -0.3 is 14.6 Å².